The van der Waals surface area contributed by atoms with Crippen molar-refractivity contribution >= 4 is 59.1 Å². The van der Waals surface area contributed by atoms with Gasteiger partial charge < -0.3 is 7.58 Å². The molecule has 0 aliphatic rings. The van der Waals surface area contributed by atoms with Gasteiger partial charge in [0.2, 0.25) is 0 Å². The van der Waals surface area contributed by atoms with Crippen LogP contribution in [0.25, 0.3) is 65.5 Å². The quantitative estimate of drug-likeness (QED) is 0.183. The lowest BCUT2D eigenvalue weighted by Crippen LogP contribution is -2.12. The molecule has 0 unspecified atom stereocenters. The molecule has 0 N–H and O–H groups in total. The van der Waals surface area contributed by atoms with Crippen LogP contribution < -0.4 is 7.58 Å². The second-order valence-electron chi connectivity index (χ2n) is 11.0. The topological polar surface area (TPSA) is 31.4 Å². The van der Waals surface area contributed by atoms with Crippen LogP contribution in [-0.4, -0.2) is 20.9 Å². The molecule has 0 saturated carbocycles. The van der Waals surface area contributed by atoms with Gasteiger partial charge in [0.1, 0.15) is 11.3 Å². The Hall–Kier alpha value is -5.14. The minimum atomic E-state index is -0.837. The number of nitrogens with zero attached hydrogens (tertiary/aromatic N) is 1. The largest absolute Gasteiger partial charge is 0.881 e. The molecule has 4 heteroatoms. The normalized spacial score (nSPS) is 11.3. The van der Waals surface area contributed by atoms with E-state index in [1.807, 2.05) is 12.3 Å². The van der Waals surface area contributed by atoms with Gasteiger partial charge in [-0.2, -0.15) is 0 Å². The predicted molar refractivity (Wildman–Crippen MR) is 183 cm³/mol. The van der Waals surface area contributed by atoms with Gasteiger partial charge in [0, 0.05) is 17.0 Å². The summed E-state index contributed by atoms with van der Waals surface area (Å²) in [5.74, 6) is 1.60. The molecular formula is C40H27AlNO2. The van der Waals surface area contributed by atoms with Crippen LogP contribution in [0, 0.1) is 6.92 Å². The van der Waals surface area contributed by atoms with Gasteiger partial charge in [-0.15, -0.1) is 0 Å². The van der Waals surface area contributed by atoms with Gasteiger partial charge in [-0.1, -0.05) is 121 Å². The third kappa shape index (κ3) is 4.57. The highest BCUT2D eigenvalue weighted by Crippen LogP contribution is 2.40. The zero-order valence-corrected chi connectivity index (χ0v) is 25.4. The second kappa shape index (κ2) is 11.2. The van der Waals surface area contributed by atoms with Crippen LogP contribution in [-0.2, 0) is 0 Å². The maximum absolute atomic E-state index is 6.45. The molecule has 0 atom stereocenters. The number of rotatable bonds is 6. The van der Waals surface area contributed by atoms with Crippen molar-refractivity contribution in [1.29, 1.82) is 0 Å². The van der Waals surface area contributed by atoms with E-state index in [9.17, 15) is 0 Å². The van der Waals surface area contributed by atoms with Crippen LogP contribution >= 0.6 is 0 Å². The third-order valence-corrected chi connectivity index (χ3v) is 9.10. The lowest BCUT2D eigenvalue weighted by Gasteiger charge is -2.18. The van der Waals surface area contributed by atoms with E-state index >= 15 is 0 Å². The average molecular weight is 581 g/mol. The van der Waals surface area contributed by atoms with E-state index in [1.54, 1.807) is 0 Å². The Labute approximate surface area is 262 Å². The summed E-state index contributed by atoms with van der Waals surface area (Å²) in [6.45, 7) is 2.09. The first-order valence-corrected chi connectivity index (χ1v) is 15.7. The Balaban J connectivity index is 1.14. The minimum absolute atomic E-state index is 0.774. The third-order valence-electron chi connectivity index (χ3n) is 8.42. The first kappa shape index (κ1) is 26.5. The van der Waals surface area contributed by atoms with Crippen molar-refractivity contribution in [2.24, 2.45) is 0 Å². The van der Waals surface area contributed by atoms with Gasteiger partial charge in [0.15, 0.2) is 0 Å². The summed E-state index contributed by atoms with van der Waals surface area (Å²) in [5.41, 5.74) is 6.64. The molecule has 0 fully saturated rings. The van der Waals surface area contributed by atoms with Gasteiger partial charge in [0.25, 0.3) is 0 Å². The first-order valence-electron chi connectivity index (χ1n) is 14.8. The highest BCUT2D eigenvalue weighted by Gasteiger charge is 2.18. The minimum Gasteiger partial charge on any atom is -0.615 e. The molecule has 3 nitrogen and oxygen atoms in total. The fourth-order valence-corrected chi connectivity index (χ4v) is 7.13. The van der Waals surface area contributed by atoms with Gasteiger partial charge in [-0.05, 0) is 79.9 Å². The van der Waals surface area contributed by atoms with Crippen LogP contribution in [0.1, 0.15) is 5.56 Å². The fourth-order valence-electron chi connectivity index (χ4n) is 6.38. The van der Waals surface area contributed by atoms with Crippen LogP contribution in [0.2, 0.25) is 0 Å². The van der Waals surface area contributed by atoms with Crippen molar-refractivity contribution in [1.82, 2.24) is 4.98 Å². The Morgan fingerprint density at radius 1 is 0.477 bits per heavy atom. The molecule has 0 spiro atoms. The Bertz CT molecular complexity index is 2340. The van der Waals surface area contributed by atoms with Gasteiger partial charge in [-0.25, -0.2) is 0 Å². The summed E-state index contributed by atoms with van der Waals surface area (Å²) in [6.07, 6.45) is 1.83. The number of aryl methyl sites for hydroxylation is 1. The summed E-state index contributed by atoms with van der Waals surface area (Å²) in [4.78, 5) is 4.79. The van der Waals surface area contributed by atoms with E-state index < -0.39 is 15.9 Å². The fraction of sp³-hybridized carbons (Fsp3) is 0.0250. The summed E-state index contributed by atoms with van der Waals surface area (Å²) in [7, 11) is 0. The zero-order chi connectivity index (χ0) is 29.5. The maximum Gasteiger partial charge on any atom is 0.881 e. The molecule has 7 aromatic carbocycles. The first-order chi connectivity index (χ1) is 21.8. The van der Waals surface area contributed by atoms with Crippen molar-refractivity contribution in [3.63, 3.8) is 0 Å². The number of benzene rings is 7. The highest BCUT2D eigenvalue weighted by atomic mass is 27.2. The molecule has 0 aliphatic heterocycles. The van der Waals surface area contributed by atoms with Gasteiger partial charge in [0.05, 0.1) is 5.75 Å². The van der Waals surface area contributed by atoms with E-state index in [4.69, 9.17) is 12.6 Å². The molecule has 44 heavy (non-hydrogen) atoms. The number of pyridine rings is 1. The highest BCUT2D eigenvalue weighted by molar-refractivity contribution is 6.22. The molecule has 0 bridgehead atoms. The lowest BCUT2D eigenvalue weighted by atomic mass is 9.93. The van der Waals surface area contributed by atoms with Gasteiger partial charge >= 0.3 is 15.9 Å². The molecule has 1 aromatic heterocycles. The number of hydrogen-bond acceptors (Lipinski definition) is 3. The monoisotopic (exact) mass is 580 g/mol. The van der Waals surface area contributed by atoms with E-state index in [1.165, 1.54) is 38.2 Å². The molecule has 1 heterocycles. The Morgan fingerprint density at radius 3 is 1.77 bits per heavy atom. The molecule has 207 valence electrons. The van der Waals surface area contributed by atoms with Crippen molar-refractivity contribution < 1.29 is 7.58 Å². The number of hydrogen-bond donors (Lipinski definition) is 0. The predicted octanol–water partition coefficient (Wildman–Crippen LogP) is 10.3. The number of fused-ring (bicyclic) bond motifs is 4. The summed E-state index contributed by atoms with van der Waals surface area (Å²) >= 11 is -0.837. The zero-order valence-electron chi connectivity index (χ0n) is 24.2. The average Bonchev–Trinajstić information content (AvgIpc) is 3.08. The molecule has 1 radical (unpaired) electrons. The van der Waals surface area contributed by atoms with Crippen molar-refractivity contribution in [3.05, 3.63) is 151 Å². The Kier molecular flexibility index (Phi) is 6.73. The number of aromatic nitrogens is 1. The smallest absolute Gasteiger partial charge is 0.615 e. The van der Waals surface area contributed by atoms with E-state index in [2.05, 4.69) is 140 Å². The van der Waals surface area contributed by atoms with Crippen LogP contribution in [0.4, 0.5) is 0 Å². The van der Waals surface area contributed by atoms with Crippen LogP contribution in [0.3, 0.4) is 0 Å². The van der Waals surface area contributed by atoms with Crippen molar-refractivity contribution in [3.8, 4) is 33.8 Å². The summed E-state index contributed by atoms with van der Waals surface area (Å²) in [5, 5.41) is 8.20. The van der Waals surface area contributed by atoms with E-state index in [0.29, 0.717) is 0 Å². The van der Waals surface area contributed by atoms with E-state index in [-0.39, 0.29) is 0 Å². The molecule has 8 aromatic rings. The lowest BCUT2D eigenvalue weighted by molar-refractivity contribution is 0.462. The summed E-state index contributed by atoms with van der Waals surface area (Å²) < 4.78 is 12.9. The van der Waals surface area contributed by atoms with Crippen molar-refractivity contribution in [2.75, 3.05) is 0 Å². The van der Waals surface area contributed by atoms with Gasteiger partial charge in [-0.3, -0.25) is 4.98 Å². The molecule has 8 rings (SSSR count). The van der Waals surface area contributed by atoms with Crippen LogP contribution in [0.15, 0.2) is 146 Å². The Morgan fingerprint density at radius 2 is 1.05 bits per heavy atom. The van der Waals surface area contributed by atoms with E-state index in [0.717, 1.165) is 44.3 Å². The van der Waals surface area contributed by atoms with Crippen LogP contribution in [0.5, 0.6) is 11.5 Å². The summed E-state index contributed by atoms with van der Waals surface area (Å²) in [6, 6.07) is 49.0. The maximum atomic E-state index is 6.45. The second-order valence-corrected chi connectivity index (χ2v) is 11.7. The standard InChI is InChI=1S/C20H15NO.C20H14O.Al/c1-13-12-18(17-10-5-11-21-19(17)20(13)22)16-9-4-7-14-6-2-3-8-15(14)16;21-20-13-12-18(17-9-3-4-10-19(17)20)16-11-5-7-14-6-1-2-8-15(14)16;/h2-12,22H,1H3;1-13,21H;/q;;+2/p-2. The molecule has 0 saturated heterocycles. The SMILES string of the molecule is Cc1cc(-c2cccc3ccccc23)c2cccnc2c1[O][Al][O]c1ccc(-c2cccc3ccccc23)c2ccccc12. The molecule has 0 aliphatic carbocycles. The molecule has 0 amide bonds. The van der Waals surface area contributed by atoms with Crippen molar-refractivity contribution in [2.45, 2.75) is 6.92 Å². The molecular weight excluding hydrogens is 553 g/mol.